The molecule has 0 aliphatic carbocycles. The number of hydrogen-bond acceptors (Lipinski definition) is 2. The number of carbonyl (C=O) groups excluding carboxylic acids is 1. The minimum Gasteiger partial charge on any atom is -0.337 e. The van der Waals surface area contributed by atoms with E-state index in [0.29, 0.717) is 0 Å². The van der Waals surface area contributed by atoms with E-state index in [-0.39, 0.29) is 18.3 Å². The van der Waals surface area contributed by atoms with Gasteiger partial charge in [-0.25, -0.2) is 0 Å². The summed E-state index contributed by atoms with van der Waals surface area (Å²) in [6.07, 6.45) is 1.37. The number of halogens is 1. The second kappa shape index (κ2) is 5.16. The zero-order valence-electron chi connectivity index (χ0n) is 6.38. The first-order valence-electron chi connectivity index (χ1n) is 3.46. The van der Waals surface area contributed by atoms with Gasteiger partial charge in [-0.2, -0.15) is 0 Å². The largest absolute Gasteiger partial charge is 0.337 e. The van der Waals surface area contributed by atoms with Gasteiger partial charge in [-0.3, -0.25) is 4.79 Å². The zero-order chi connectivity index (χ0) is 7.40. The van der Waals surface area contributed by atoms with E-state index in [1.54, 1.807) is 4.90 Å². The maximum absolute atomic E-state index is 10.9. The van der Waals surface area contributed by atoms with Crippen LogP contribution in [0.5, 0.6) is 0 Å². The summed E-state index contributed by atoms with van der Waals surface area (Å²) in [5, 5.41) is 3.17. The Hall–Kier alpha value is -0.540. The van der Waals surface area contributed by atoms with Crippen LogP contribution < -0.4 is 5.32 Å². The highest BCUT2D eigenvalue weighted by molar-refractivity contribution is 5.87. The maximum atomic E-state index is 10.9. The molecule has 4 heteroatoms. The van der Waals surface area contributed by atoms with Crippen LogP contribution in [0.1, 0.15) is 0 Å². The molecule has 0 saturated carbocycles. The Balaban J connectivity index is 0.000001000. The van der Waals surface area contributed by atoms with Gasteiger partial charge in [0, 0.05) is 26.2 Å². The summed E-state index contributed by atoms with van der Waals surface area (Å²) in [7, 11) is 0. The molecule has 1 heterocycles. The van der Waals surface area contributed by atoms with E-state index in [2.05, 4.69) is 11.9 Å². The van der Waals surface area contributed by atoms with Gasteiger partial charge in [0.15, 0.2) is 0 Å². The number of amides is 1. The Bertz CT molecular complexity index is 143. The molecule has 1 amide bonds. The van der Waals surface area contributed by atoms with Crippen molar-refractivity contribution in [3.63, 3.8) is 0 Å². The molecule has 1 rings (SSSR count). The highest BCUT2D eigenvalue weighted by atomic mass is 35.5. The van der Waals surface area contributed by atoms with Crippen molar-refractivity contribution in [2.75, 3.05) is 26.2 Å². The molecule has 1 aliphatic heterocycles. The topological polar surface area (TPSA) is 32.3 Å². The Morgan fingerprint density at radius 1 is 1.45 bits per heavy atom. The van der Waals surface area contributed by atoms with Crippen molar-refractivity contribution in [1.82, 2.24) is 10.2 Å². The van der Waals surface area contributed by atoms with Gasteiger partial charge in [-0.15, -0.1) is 12.4 Å². The fourth-order valence-electron chi connectivity index (χ4n) is 1.01. The van der Waals surface area contributed by atoms with Gasteiger partial charge in [0.05, 0.1) is 0 Å². The van der Waals surface area contributed by atoms with Crippen LogP contribution in [0.3, 0.4) is 0 Å². The Kier molecular flexibility index (Phi) is 4.90. The molecule has 3 nitrogen and oxygen atoms in total. The SMILES string of the molecule is C=CC(=O)N1CCNCC1.Cl. The quantitative estimate of drug-likeness (QED) is 0.572. The van der Waals surface area contributed by atoms with Gasteiger partial charge < -0.3 is 10.2 Å². The summed E-state index contributed by atoms with van der Waals surface area (Å²) in [6.45, 7) is 6.85. The van der Waals surface area contributed by atoms with Crippen LogP contribution >= 0.6 is 12.4 Å². The number of rotatable bonds is 1. The minimum atomic E-state index is 0. The highest BCUT2D eigenvalue weighted by Gasteiger charge is 2.11. The van der Waals surface area contributed by atoms with Crippen LogP contribution in [0.15, 0.2) is 12.7 Å². The molecule has 11 heavy (non-hydrogen) atoms. The van der Waals surface area contributed by atoms with Crippen LogP contribution in [-0.4, -0.2) is 37.0 Å². The molecule has 0 aromatic carbocycles. The summed E-state index contributed by atoms with van der Waals surface area (Å²) in [6, 6.07) is 0. The second-order valence-corrected chi connectivity index (χ2v) is 2.28. The highest BCUT2D eigenvalue weighted by Crippen LogP contribution is 1.92. The normalized spacial score (nSPS) is 16.9. The first-order valence-corrected chi connectivity index (χ1v) is 3.46. The average molecular weight is 177 g/mol. The molecule has 0 unspecified atom stereocenters. The van der Waals surface area contributed by atoms with Crippen LogP contribution in [0.2, 0.25) is 0 Å². The van der Waals surface area contributed by atoms with E-state index < -0.39 is 0 Å². The smallest absolute Gasteiger partial charge is 0.246 e. The van der Waals surface area contributed by atoms with Gasteiger partial charge in [-0.1, -0.05) is 6.58 Å². The second-order valence-electron chi connectivity index (χ2n) is 2.28. The standard InChI is InChI=1S/C7H12N2O.ClH/c1-2-7(10)9-5-3-8-4-6-9;/h2,8H,1,3-6H2;1H. The van der Waals surface area contributed by atoms with Crippen LogP contribution in [0, 0.1) is 0 Å². The van der Waals surface area contributed by atoms with Crippen LogP contribution in [-0.2, 0) is 4.79 Å². The van der Waals surface area contributed by atoms with Crippen molar-refractivity contribution < 1.29 is 4.79 Å². The first-order chi connectivity index (χ1) is 4.84. The first kappa shape index (κ1) is 10.5. The monoisotopic (exact) mass is 176 g/mol. The number of piperazine rings is 1. The lowest BCUT2D eigenvalue weighted by Crippen LogP contribution is -2.45. The van der Waals surface area contributed by atoms with Crippen LogP contribution in [0.25, 0.3) is 0 Å². The third kappa shape index (κ3) is 2.91. The fourth-order valence-corrected chi connectivity index (χ4v) is 1.01. The van der Waals surface area contributed by atoms with Crippen molar-refractivity contribution in [3.8, 4) is 0 Å². The number of carbonyl (C=O) groups is 1. The summed E-state index contributed by atoms with van der Waals surface area (Å²) in [5.41, 5.74) is 0. The van der Waals surface area contributed by atoms with Crippen molar-refractivity contribution in [2.45, 2.75) is 0 Å². The molecule has 0 aromatic heterocycles. The lowest BCUT2D eigenvalue weighted by molar-refractivity contribution is -0.126. The molecule has 1 saturated heterocycles. The number of hydrogen-bond donors (Lipinski definition) is 1. The lowest BCUT2D eigenvalue weighted by atomic mass is 10.3. The van der Waals surface area contributed by atoms with Crippen LogP contribution in [0.4, 0.5) is 0 Å². The predicted octanol–water partition coefficient (Wildman–Crippen LogP) is 0.0260. The van der Waals surface area contributed by atoms with Gasteiger partial charge >= 0.3 is 0 Å². The van der Waals surface area contributed by atoms with E-state index in [9.17, 15) is 4.79 Å². The average Bonchev–Trinajstić information content (AvgIpc) is 2.05. The number of nitrogens with zero attached hydrogens (tertiary/aromatic N) is 1. The van der Waals surface area contributed by atoms with Crippen molar-refractivity contribution in [3.05, 3.63) is 12.7 Å². The molecule has 64 valence electrons. The lowest BCUT2D eigenvalue weighted by Gasteiger charge is -2.25. The summed E-state index contributed by atoms with van der Waals surface area (Å²) < 4.78 is 0. The molecule has 0 spiro atoms. The Morgan fingerprint density at radius 3 is 2.45 bits per heavy atom. The molecular formula is C7H13ClN2O. The molecule has 0 aromatic rings. The molecule has 0 bridgehead atoms. The Labute approximate surface area is 72.9 Å². The van der Waals surface area contributed by atoms with Gasteiger partial charge in [0.2, 0.25) is 5.91 Å². The molecule has 1 N–H and O–H groups in total. The van der Waals surface area contributed by atoms with E-state index in [1.807, 2.05) is 0 Å². The summed E-state index contributed by atoms with van der Waals surface area (Å²) in [5.74, 6) is 0.0431. The van der Waals surface area contributed by atoms with Crippen molar-refractivity contribution >= 4 is 18.3 Å². The molecule has 0 atom stereocenters. The molecule has 1 fully saturated rings. The predicted molar refractivity (Wildman–Crippen MR) is 46.9 cm³/mol. The van der Waals surface area contributed by atoms with Crippen molar-refractivity contribution in [1.29, 1.82) is 0 Å². The molecular weight excluding hydrogens is 164 g/mol. The zero-order valence-corrected chi connectivity index (χ0v) is 7.19. The third-order valence-corrected chi connectivity index (χ3v) is 1.60. The molecule has 1 aliphatic rings. The van der Waals surface area contributed by atoms with Gasteiger partial charge in [-0.05, 0) is 6.08 Å². The third-order valence-electron chi connectivity index (χ3n) is 1.60. The van der Waals surface area contributed by atoms with E-state index in [0.717, 1.165) is 26.2 Å². The van der Waals surface area contributed by atoms with E-state index >= 15 is 0 Å². The number of nitrogens with one attached hydrogen (secondary N) is 1. The Morgan fingerprint density at radius 2 is 2.00 bits per heavy atom. The van der Waals surface area contributed by atoms with E-state index in [1.165, 1.54) is 6.08 Å². The van der Waals surface area contributed by atoms with E-state index in [4.69, 9.17) is 0 Å². The van der Waals surface area contributed by atoms with Gasteiger partial charge in [0.25, 0.3) is 0 Å². The summed E-state index contributed by atoms with van der Waals surface area (Å²) in [4.78, 5) is 12.7. The van der Waals surface area contributed by atoms with Crippen molar-refractivity contribution in [2.24, 2.45) is 0 Å². The fraction of sp³-hybridized carbons (Fsp3) is 0.571. The van der Waals surface area contributed by atoms with Gasteiger partial charge in [0.1, 0.15) is 0 Å². The molecule has 0 radical (unpaired) electrons. The minimum absolute atomic E-state index is 0. The maximum Gasteiger partial charge on any atom is 0.246 e. The summed E-state index contributed by atoms with van der Waals surface area (Å²) >= 11 is 0.